The van der Waals surface area contributed by atoms with Gasteiger partial charge < -0.3 is 25.6 Å². The smallest absolute Gasteiger partial charge is 0.264 e. The number of benzene rings is 2. The molecule has 0 saturated carbocycles. The Morgan fingerprint density at radius 3 is 2.17 bits per heavy atom. The molecule has 1 aliphatic carbocycles. The number of carbonyl (C=O) groups is 1. The Kier molecular flexibility index (Phi) is 4.96. The van der Waals surface area contributed by atoms with E-state index in [9.17, 15) is 30.1 Å². The summed E-state index contributed by atoms with van der Waals surface area (Å²) in [5.41, 5.74) is 0.339. The Morgan fingerprint density at radius 2 is 1.53 bits per heavy atom. The molecule has 154 valence electrons. The normalized spacial score (nSPS) is 16.3. The van der Waals surface area contributed by atoms with Crippen molar-refractivity contribution in [2.75, 3.05) is 6.61 Å². The number of oxime groups is 1. The van der Waals surface area contributed by atoms with Crippen LogP contribution in [0.15, 0.2) is 58.5 Å². The Bertz CT molecular complexity index is 1250. The van der Waals surface area contributed by atoms with Gasteiger partial charge in [0.05, 0.1) is 17.9 Å². The van der Waals surface area contributed by atoms with Crippen LogP contribution in [0, 0.1) is 0 Å². The van der Waals surface area contributed by atoms with Crippen molar-refractivity contribution in [2.24, 2.45) is 5.16 Å². The predicted molar refractivity (Wildman–Crippen MR) is 107 cm³/mol. The highest BCUT2D eigenvalue weighted by Gasteiger charge is 2.37. The molecule has 3 aromatic rings. The van der Waals surface area contributed by atoms with Gasteiger partial charge in [-0.15, -0.1) is 0 Å². The van der Waals surface area contributed by atoms with Gasteiger partial charge in [0.25, 0.3) is 5.56 Å². The lowest BCUT2D eigenvalue weighted by atomic mass is 10.0. The number of carbonyl (C=O) groups excluding carboxylic acids is 1. The Balaban J connectivity index is 2.09. The van der Waals surface area contributed by atoms with Gasteiger partial charge in [-0.2, -0.15) is 0 Å². The third kappa shape index (κ3) is 2.76. The first-order valence-corrected chi connectivity index (χ1v) is 9.11. The molecule has 0 unspecified atom stereocenters. The van der Waals surface area contributed by atoms with Crippen LogP contribution >= 0.6 is 0 Å². The maximum atomic E-state index is 13.3. The van der Waals surface area contributed by atoms with E-state index in [1.807, 2.05) is 0 Å². The number of aliphatic hydroxyl groups excluding tert-OH is 4. The number of aromatic nitrogens is 1. The van der Waals surface area contributed by atoms with Crippen molar-refractivity contribution in [3.63, 3.8) is 0 Å². The number of hydrogen-bond acceptors (Lipinski definition) is 8. The van der Waals surface area contributed by atoms with E-state index in [1.165, 1.54) is 6.07 Å². The molecule has 9 heteroatoms. The van der Waals surface area contributed by atoms with Crippen LogP contribution in [0.5, 0.6) is 0 Å². The number of hydrogen-bond donors (Lipinski definition) is 5. The van der Waals surface area contributed by atoms with Crippen LogP contribution in [-0.4, -0.2) is 66.7 Å². The van der Waals surface area contributed by atoms with E-state index in [2.05, 4.69) is 5.16 Å². The van der Waals surface area contributed by atoms with Crippen molar-refractivity contribution in [3.05, 3.63) is 70.0 Å². The first kappa shape index (κ1) is 19.9. The fourth-order valence-corrected chi connectivity index (χ4v) is 3.78. The number of fused-ring (bicyclic) bond motifs is 5. The second-order valence-electron chi connectivity index (χ2n) is 6.93. The number of rotatable bonds is 4. The van der Waals surface area contributed by atoms with Crippen molar-refractivity contribution in [1.29, 1.82) is 0 Å². The van der Waals surface area contributed by atoms with Gasteiger partial charge in [-0.25, -0.2) is 0 Å². The summed E-state index contributed by atoms with van der Waals surface area (Å²) < 4.78 is 0.860. The van der Waals surface area contributed by atoms with E-state index in [0.717, 1.165) is 4.57 Å². The first-order valence-electron chi connectivity index (χ1n) is 9.11. The van der Waals surface area contributed by atoms with Crippen molar-refractivity contribution < 1.29 is 30.4 Å². The Hall–Kier alpha value is -3.37. The third-order valence-electron chi connectivity index (χ3n) is 5.25. The molecule has 0 aliphatic heterocycles. The van der Waals surface area contributed by atoms with Gasteiger partial charge in [0.1, 0.15) is 18.3 Å². The van der Waals surface area contributed by atoms with Crippen LogP contribution in [0.3, 0.4) is 0 Å². The van der Waals surface area contributed by atoms with Crippen molar-refractivity contribution in [3.8, 4) is 11.3 Å². The van der Waals surface area contributed by atoms with Crippen molar-refractivity contribution in [2.45, 2.75) is 18.3 Å². The molecule has 0 saturated heterocycles. The molecule has 5 N–H and O–H groups in total. The summed E-state index contributed by atoms with van der Waals surface area (Å²) in [7, 11) is 0. The monoisotopic (exact) mass is 410 g/mol. The van der Waals surface area contributed by atoms with Gasteiger partial charge in [-0.1, -0.05) is 47.6 Å². The largest absolute Gasteiger partial charge is 0.409 e. The van der Waals surface area contributed by atoms with Gasteiger partial charge in [0.15, 0.2) is 11.6 Å². The van der Waals surface area contributed by atoms with E-state index >= 15 is 0 Å². The van der Waals surface area contributed by atoms with Crippen LogP contribution in [0.4, 0.5) is 0 Å². The molecule has 0 bridgehead atoms. The molecule has 4 rings (SSSR count). The summed E-state index contributed by atoms with van der Waals surface area (Å²) in [6.07, 6.45) is -5.75. The van der Waals surface area contributed by atoms with Crippen LogP contribution in [0.1, 0.15) is 15.9 Å². The molecule has 0 radical (unpaired) electrons. The second kappa shape index (κ2) is 7.47. The molecule has 1 aromatic heterocycles. The molecule has 2 aromatic carbocycles. The number of ketones is 1. The topological polar surface area (TPSA) is 153 Å². The molecule has 1 heterocycles. The van der Waals surface area contributed by atoms with Crippen molar-refractivity contribution in [1.82, 2.24) is 4.57 Å². The lowest BCUT2D eigenvalue weighted by molar-refractivity contribution is -0.0568. The van der Waals surface area contributed by atoms with Crippen LogP contribution < -0.4 is 5.56 Å². The fourth-order valence-electron chi connectivity index (χ4n) is 3.78. The lowest BCUT2D eigenvalue weighted by Gasteiger charge is -2.24. The maximum absolute atomic E-state index is 13.3. The lowest BCUT2D eigenvalue weighted by Crippen LogP contribution is -2.48. The predicted octanol–water partition coefficient (Wildman–Crippen LogP) is -0.0763. The fraction of sp³-hybridized carbons (Fsp3) is 0.190. The third-order valence-corrected chi connectivity index (χ3v) is 5.25. The highest BCUT2D eigenvalue weighted by Crippen LogP contribution is 2.39. The maximum Gasteiger partial charge on any atom is 0.264 e. The molecule has 9 nitrogen and oxygen atoms in total. The molecule has 1 aliphatic rings. The quantitative estimate of drug-likeness (QED) is 0.137. The minimum absolute atomic E-state index is 0.108. The second-order valence-corrected chi connectivity index (χ2v) is 6.93. The summed E-state index contributed by atoms with van der Waals surface area (Å²) in [6, 6.07) is 12.9. The Morgan fingerprint density at radius 1 is 0.933 bits per heavy atom. The van der Waals surface area contributed by atoms with E-state index in [0.29, 0.717) is 16.5 Å². The summed E-state index contributed by atoms with van der Waals surface area (Å²) in [6.45, 7) is -0.872. The zero-order valence-corrected chi connectivity index (χ0v) is 15.5. The number of pyridine rings is 1. The minimum Gasteiger partial charge on any atom is -0.409 e. The highest BCUT2D eigenvalue weighted by molar-refractivity contribution is 6.27. The summed E-state index contributed by atoms with van der Waals surface area (Å²) in [4.78, 5) is 26.5. The average Bonchev–Trinajstić information content (AvgIpc) is 3.07. The van der Waals surface area contributed by atoms with Gasteiger partial charge in [0.2, 0.25) is 0 Å². The standard InChI is InChI=1S/C21H18N2O7/c24-9-14(25)18(27)19(28)20(22-30)23-16-11-6-2-3-7-12(11)17(26)15(16)10-5-1-4-8-13(10)21(23)29/h1-8,14,18-19,24-25,27-28,30H,9H2/b22-20-/t14-,18-,19+/m1/s1. The molecule has 0 spiro atoms. The Labute approximate surface area is 169 Å². The molecule has 0 amide bonds. The van der Waals surface area contributed by atoms with Gasteiger partial charge in [0, 0.05) is 21.9 Å². The van der Waals surface area contributed by atoms with E-state index in [-0.39, 0.29) is 22.4 Å². The molecular weight excluding hydrogens is 392 g/mol. The highest BCUT2D eigenvalue weighted by atomic mass is 16.4. The van der Waals surface area contributed by atoms with E-state index in [4.69, 9.17) is 5.11 Å². The van der Waals surface area contributed by atoms with Crippen molar-refractivity contribution >= 4 is 22.4 Å². The summed E-state index contributed by atoms with van der Waals surface area (Å²) in [5, 5.41) is 52.5. The molecule has 30 heavy (non-hydrogen) atoms. The van der Waals surface area contributed by atoms with Crippen LogP contribution in [0.25, 0.3) is 22.0 Å². The molecule has 0 fully saturated rings. The SMILES string of the molecule is O=C1c2ccccc2-c2c1c1ccccc1c(=O)n2/C(=N\O)[C@@H](O)[C@H](O)[C@H](O)CO. The summed E-state index contributed by atoms with van der Waals surface area (Å²) >= 11 is 0. The zero-order valence-electron chi connectivity index (χ0n) is 15.5. The van der Waals surface area contributed by atoms with Crippen LogP contribution in [0.2, 0.25) is 0 Å². The zero-order chi connectivity index (χ0) is 21.6. The van der Waals surface area contributed by atoms with Crippen LogP contribution in [-0.2, 0) is 0 Å². The van der Waals surface area contributed by atoms with Gasteiger partial charge >= 0.3 is 0 Å². The van der Waals surface area contributed by atoms with E-state index in [1.54, 1.807) is 42.5 Å². The minimum atomic E-state index is -2.04. The summed E-state index contributed by atoms with van der Waals surface area (Å²) in [5.74, 6) is -1.03. The van der Waals surface area contributed by atoms with Gasteiger partial charge in [-0.05, 0) is 6.07 Å². The van der Waals surface area contributed by atoms with E-state index < -0.39 is 36.3 Å². The number of nitrogens with zero attached hydrogens (tertiary/aromatic N) is 2. The average molecular weight is 410 g/mol. The first-order chi connectivity index (χ1) is 14.4. The number of aliphatic hydroxyl groups is 4. The van der Waals surface area contributed by atoms with Gasteiger partial charge in [-0.3, -0.25) is 14.2 Å². The molecule has 3 atom stereocenters. The molecular formula is C21H18N2O7.